The highest BCUT2D eigenvalue weighted by molar-refractivity contribution is 6.17. The van der Waals surface area contributed by atoms with E-state index in [1.807, 2.05) is 6.07 Å². The molecule has 0 spiro atoms. The fraction of sp³-hybridized carbons (Fsp3) is 0.500. The number of para-hydroxylation sites is 1. The van der Waals surface area contributed by atoms with Crippen molar-refractivity contribution in [3.63, 3.8) is 0 Å². The molecule has 0 aromatic heterocycles. The molecule has 78 valence electrons. The molecule has 0 radical (unpaired) electrons. The van der Waals surface area contributed by atoms with Crippen LogP contribution in [-0.2, 0) is 5.88 Å². The number of hydrogen-bond donors (Lipinski definition) is 0. The normalized spacial score (nSPS) is 10.6. The summed E-state index contributed by atoms with van der Waals surface area (Å²) in [4.78, 5) is 2.27. The van der Waals surface area contributed by atoms with Crippen molar-refractivity contribution in [2.75, 3.05) is 18.5 Å². The SMILES string of the molecule is CC(C)CN(C)c1ccccc1CCl. The van der Waals surface area contributed by atoms with E-state index in [4.69, 9.17) is 11.6 Å². The zero-order valence-corrected chi connectivity index (χ0v) is 9.88. The molecule has 0 N–H and O–H groups in total. The fourth-order valence-electron chi connectivity index (χ4n) is 1.64. The summed E-state index contributed by atoms with van der Waals surface area (Å²) in [6.07, 6.45) is 0. The molecule has 1 aromatic rings. The summed E-state index contributed by atoms with van der Waals surface area (Å²) in [5.41, 5.74) is 2.45. The Kier molecular flexibility index (Phi) is 4.27. The summed E-state index contributed by atoms with van der Waals surface area (Å²) in [5, 5.41) is 0. The molecule has 1 aromatic carbocycles. The van der Waals surface area contributed by atoms with Crippen LogP contribution in [-0.4, -0.2) is 13.6 Å². The fourth-order valence-corrected chi connectivity index (χ4v) is 1.87. The first-order chi connectivity index (χ1) is 6.65. The van der Waals surface area contributed by atoms with E-state index >= 15 is 0 Å². The Morgan fingerprint density at radius 2 is 1.93 bits per heavy atom. The van der Waals surface area contributed by atoms with E-state index in [-0.39, 0.29) is 0 Å². The van der Waals surface area contributed by atoms with Gasteiger partial charge >= 0.3 is 0 Å². The lowest BCUT2D eigenvalue weighted by molar-refractivity contribution is 0.637. The molecular weight excluding hydrogens is 194 g/mol. The van der Waals surface area contributed by atoms with Crippen molar-refractivity contribution < 1.29 is 0 Å². The van der Waals surface area contributed by atoms with Gasteiger partial charge in [-0.2, -0.15) is 0 Å². The van der Waals surface area contributed by atoms with Crippen LogP contribution in [0.1, 0.15) is 19.4 Å². The molecule has 0 unspecified atom stereocenters. The Morgan fingerprint density at radius 3 is 2.50 bits per heavy atom. The highest BCUT2D eigenvalue weighted by atomic mass is 35.5. The first-order valence-electron chi connectivity index (χ1n) is 5.00. The molecule has 0 saturated heterocycles. The second kappa shape index (κ2) is 5.26. The van der Waals surface area contributed by atoms with Gasteiger partial charge in [0.25, 0.3) is 0 Å². The Morgan fingerprint density at radius 1 is 1.29 bits per heavy atom. The van der Waals surface area contributed by atoms with Crippen molar-refractivity contribution in [3.8, 4) is 0 Å². The van der Waals surface area contributed by atoms with Crippen molar-refractivity contribution in [3.05, 3.63) is 29.8 Å². The highest BCUT2D eigenvalue weighted by Gasteiger charge is 2.06. The van der Waals surface area contributed by atoms with Gasteiger partial charge in [-0.25, -0.2) is 0 Å². The lowest BCUT2D eigenvalue weighted by Crippen LogP contribution is -2.23. The Labute approximate surface area is 91.7 Å². The first-order valence-corrected chi connectivity index (χ1v) is 5.53. The molecule has 0 aliphatic heterocycles. The average Bonchev–Trinajstić information content (AvgIpc) is 2.16. The van der Waals surface area contributed by atoms with E-state index in [0.29, 0.717) is 11.8 Å². The summed E-state index contributed by atoms with van der Waals surface area (Å²) >= 11 is 5.89. The standard InChI is InChI=1S/C12H18ClN/c1-10(2)9-14(3)12-7-5-4-6-11(12)8-13/h4-7,10H,8-9H2,1-3H3. The monoisotopic (exact) mass is 211 g/mol. The van der Waals surface area contributed by atoms with Gasteiger partial charge < -0.3 is 4.90 Å². The van der Waals surface area contributed by atoms with Gasteiger partial charge in [0.1, 0.15) is 0 Å². The molecule has 0 atom stereocenters. The van der Waals surface area contributed by atoms with Crippen LogP contribution in [0.4, 0.5) is 5.69 Å². The average molecular weight is 212 g/mol. The van der Waals surface area contributed by atoms with Crippen LogP contribution in [0, 0.1) is 5.92 Å². The van der Waals surface area contributed by atoms with E-state index in [9.17, 15) is 0 Å². The molecule has 0 amide bonds. The molecule has 0 fully saturated rings. The van der Waals surface area contributed by atoms with Crippen LogP contribution in [0.5, 0.6) is 0 Å². The van der Waals surface area contributed by atoms with Gasteiger partial charge in [0.2, 0.25) is 0 Å². The number of hydrogen-bond acceptors (Lipinski definition) is 1. The summed E-state index contributed by atoms with van der Waals surface area (Å²) in [7, 11) is 2.12. The van der Waals surface area contributed by atoms with E-state index in [1.54, 1.807) is 0 Å². The Hall–Kier alpha value is -0.690. The van der Waals surface area contributed by atoms with E-state index in [0.717, 1.165) is 6.54 Å². The largest absolute Gasteiger partial charge is 0.374 e. The molecule has 1 nitrogen and oxygen atoms in total. The molecule has 2 heteroatoms. The maximum atomic E-state index is 5.89. The van der Waals surface area contributed by atoms with Crippen LogP contribution < -0.4 is 4.90 Å². The summed E-state index contributed by atoms with van der Waals surface area (Å²) in [5.74, 6) is 1.25. The second-order valence-electron chi connectivity index (χ2n) is 4.04. The zero-order chi connectivity index (χ0) is 10.6. The van der Waals surface area contributed by atoms with Crippen LogP contribution in [0.15, 0.2) is 24.3 Å². The Bertz CT molecular complexity index is 283. The first kappa shape index (κ1) is 11.4. The summed E-state index contributed by atoms with van der Waals surface area (Å²) in [6, 6.07) is 8.30. The third-order valence-electron chi connectivity index (χ3n) is 2.19. The van der Waals surface area contributed by atoms with Gasteiger partial charge in [-0.05, 0) is 17.5 Å². The van der Waals surface area contributed by atoms with Crippen molar-refractivity contribution >= 4 is 17.3 Å². The second-order valence-corrected chi connectivity index (χ2v) is 4.30. The predicted molar refractivity (Wildman–Crippen MR) is 64.1 cm³/mol. The minimum Gasteiger partial charge on any atom is -0.374 e. The molecule has 14 heavy (non-hydrogen) atoms. The van der Waals surface area contributed by atoms with Crippen LogP contribution in [0.25, 0.3) is 0 Å². The number of benzene rings is 1. The third-order valence-corrected chi connectivity index (χ3v) is 2.47. The molecule has 1 rings (SSSR count). The number of alkyl halides is 1. The van der Waals surface area contributed by atoms with Gasteiger partial charge in [-0.1, -0.05) is 32.0 Å². The van der Waals surface area contributed by atoms with Gasteiger partial charge in [-0.3, -0.25) is 0 Å². The van der Waals surface area contributed by atoms with Gasteiger partial charge in [0.15, 0.2) is 0 Å². The summed E-state index contributed by atoms with van der Waals surface area (Å²) < 4.78 is 0. The molecular formula is C12H18ClN. The van der Waals surface area contributed by atoms with Gasteiger partial charge in [-0.15, -0.1) is 11.6 Å². The van der Waals surface area contributed by atoms with E-state index in [1.165, 1.54) is 11.3 Å². The molecule has 0 saturated carbocycles. The maximum absolute atomic E-state index is 5.89. The lowest BCUT2D eigenvalue weighted by Gasteiger charge is -2.23. The number of anilines is 1. The van der Waals surface area contributed by atoms with Gasteiger partial charge in [0.05, 0.1) is 0 Å². The number of nitrogens with zero attached hydrogens (tertiary/aromatic N) is 1. The highest BCUT2D eigenvalue weighted by Crippen LogP contribution is 2.21. The predicted octanol–water partition coefficient (Wildman–Crippen LogP) is 3.52. The van der Waals surface area contributed by atoms with Gasteiger partial charge in [0, 0.05) is 25.2 Å². The van der Waals surface area contributed by atoms with Crippen molar-refractivity contribution in [1.29, 1.82) is 0 Å². The van der Waals surface area contributed by atoms with E-state index < -0.39 is 0 Å². The molecule has 0 bridgehead atoms. The van der Waals surface area contributed by atoms with Crippen molar-refractivity contribution in [2.24, 2.45) is 5.92 Å². The maximum Gasteiger partial charge on any atom is 0.0494 e. The molecule has 0 heterocycles. The van der Waals surface area contributed by atoms with Crippen LogP contribution in [0.2, 0.25) is 0 Å². The van der Waals surface area contributed by atoms with Crippen molar-refractivity contribution in [2.45, 2.75) is 19.7 Å². The molecule has 0 aliphatic rings. The minimum atomic E-state index is 0.582. The smallest absolute Gasteiger partial charge is 0.0494 e. The van der Waals surface area contributed by atoms with E-state index in [2.05, 4.69) is 44.0 Å². The van der Waals surface area contributed by atoms with Crippen LogP contribution in [0.3, 0.4) is 0 Å². The Balaban J connectivity index is 2.82. The van der Waals surface area contributed by atoms with Crippen molar-refractivity contribution in [1.82, 2.24) is 0 Å². The third kappa shape index (κ3) is 2.91. The number of rotatable bonds is 4. The van der Waals surface area contributed by atoms with Crippen LogP contribution >= 0.6 is 11.6 Å². The topological polar surface area (TPSA) is 3.24 Å². The zero-order valence-electron chi connectivity index (χ0n) is 9.13. The number of halogens is 1. The summed E-state index contributed by atoms with van der Waals surface area (Å²) in [6.45, 7) is 5.51. The molecule has 0 aliphatic carbocycles. The minimum absolute atomic E-state index is 0.582. The quantitative estimate of drug-likeness (QED) is 0.689. The lowest BCUT2D eigenvalue weighted by atomic mass is 10.1.